The third-order valence-electron chi connectivity index (χ3n) is 5.93. The molecule has 8 nitrogen and oxygen atoms in total. The zero-order valence-electron chi connectivity index (χ0n) is 19.8. The van der Waals surface area contributed by atoms with Crippen LogP contribution in [0.4, 0.5) is 29.1 Å². The van der Waals surface area contributed by atoms with E-state index in [1.54, 1.807) is 4.90 Å². The highest BCUT2D eigenvalue weighted by atomic mass is 32.2. The molecule has 2 aromatic rings. The predicted molar refractivity (Wildman–Crippen MR) is 126 cm³/mol. The van der Waals surface area contributed by atoms with Crippen molar-refractivity contribution in [3.8, 4) is 0 Å². The molecule has 13 heteroatoms. The van der Waals surface area contributed by atoms with E-state index in [-0.39, 0.29) is 34.7 Å². The largest absolute Gasteiger partial charge is 0.433 e. The number of aromatic nitrogens is 1. The first kappa shape index (κ1) is 27.7. The van der Waals surface area contributed by atoms with Crippen LogP contribution in [0.2, 0.25) is 0 Å². The molecule has 0 radical (unpaired) electrons. The van der Waals surface area contributed by atoms with E-state index in [4.69, 9.17) is 0 Å². The number of nitrogens with zero attached hydrogens (tertiary/aromatic N) is 2. The Morgan fingerprint density at radius 3 is 2.42 bits per heavy atom. The molecule has 2 heterocycles. The highest BCUT2D eigenvalue weighted by Crippen LogP contribution is 2.34. The number of hydrogen-bond donors (Lipinski definition) is 3. The molecule has 198 valence electrons. The van der Waals surface area contributed by atoms with Gasteiger partial charge in [-0.15, -0.1) is 0 Å². The van der Waals surface area contributed by atoms with Crippen molar-refractivity contribution in [1.82, 2.24) is 10.3 Å². The Bertz CT molecular complexity index is 1220. The van der Waals surface area contributed by atoms with Gasteiger partial charge in [0, 0.05) is 25.2 Å². The molecule has 1 unspecified atom stereocenters. The number of aliphatic hydroxyl groups excluding tert-OH is 1. The molecule has 1 saturated heterocycles. The van der Waals surface area contributed by atoms with Crippen molar-refractivity contribution < 1.29 is 35.9 Å². The second-order valence-electron chi connectivity index (χ2n) is 8.73. The van der Waals surface area contributed by atoms with Gasteiger partial charge in [0.15, 0.2) is 0 Å². The summed E-state index contributed by atoms with van der Waals surface area (Å²) >= 11 is 0. The van der Waals surface area contributed by atoms with Crippen molar-refractivity contribution in [2.45, 2.75) is 51.4 Å². The average Bonchev–Trinajstić information content (AvgIpc) is 2.81. The maximum Gasteiger partial charge on any atom is 0.433 e. The Labute approximate surface area is 206 Å². The van der Waals surface area contributed by atoms with E-state index >= 15 is 0 Å². The molecule has 1 fully saturated rings. The number of alkyl halides is 3. The van der Waals surface area contributed by atoms with Crippen molar-refractivity contribution in [1.29, 1.82) is 0 Å². The van der Waals surface area contributed by atoms with E-state index in [0.29, 0.717) is 13.1 Å². The molecule has 0 saturated carbocycles. The Morgan fingerprint density at radius 2 is 1.86 bits per heavy atom. The molecule has 1 atom stereocenters. The van der Waals surface area contributed by atoms with Crippen molar-refractivity contribution in [2.75, 3.05) is 29.0 Å². The highest BCUT2D eigenvalue weighted by molar-refractivity contribution is 7.92. The van der Waals surface area contributed by atoms with Crippen LogP contribution in [0.15, 0.2) is 24.3 Å². The number of aliphatic hydroxyl groups is 1. The van der Waals surface area contributed by atoms with Crippen LogP contribution < -0.4 is 14.9 Å². The Kier molecular flexibility index (Phi) is 8.44. The molecular weight excluding hydrogens is 504 g/mol. The molecule has 0 bridgehead atoms. The summed E-state index contributed by atoms with van der Waals surface area (Å²) in [4.78, 5) is 18.4. The summed E-state index contributed by atoms with van der Waals surface area (Å²) in [5.74, 6) is -2.18. The number of nitrogens with one attached hydrogen (secondary N) is 2. The number of carbonyl (C=O) groups excluding carboxylic acids is 1. The number of piperidine rings is 1. The van der Waals surface area contributed by atoms with Crippen LogP contribution in [0.1, 0.15) is 54.5 Å². The van der Waals surface area contributed by atoms with Crippen molar-refractivity contribution in [3.63, 3.8) is 0 Å². The number of halogens is 4. The number of sulfonamides is 1. The Hall–Kier alpha value is -2.93. The van der Waals surface area contributed by atoms with Gasteiger partial charge in [-0.2, -0.15) is 13.2 Å². The third-order valence-corrected chi connectivity index (χ3v) is 6.52. The molecule has 1 aromatic carbocycles. The van der Waals surface area contributed by atoms with Crippen LogP contribution >= 0.6 is 0 Å². The lowest BCUT2D eigenvalue weighted by molar-refractivity contribution is -0.141. The van der Waals surface area contributed by atoms with E-state index in [1.165, 1.54) is 19.1 Å². The fraction of sp³-hybridized carbons (Fsp3) is 0.478. The van der Waals surface area contributed by atoms with Gasteiger partial charge in [0.25, 0.3) is 0 Å². The third kappa shape index (κ3) is 6.84. The molecule has 1 aliphatic rings. The normalized spacial score (nSPS) is 15.5. The summed E-state index contributed by atoms with van der Waals surface area (Å²) in [6.45, 7) is 1.66. The van der Waals surface area contributed by atoms with Crippen LogP contribution in [0, 0.1) is 5.82 Å². The van der Waals surface area contributed by atoms with Crippen LogP contribution in [-0.4, -0.2) is 43.8 Å². The number of carbonyl (C=O) groups is 1. The van der Waals surface area contributed by atoms with Gasteiger partial charge in [-0.1, -0.05) is 6.07 Å². The molecule has 3 rings (SSSR count). The smallest absolute Gasteiger partial charge is 0.392 e. The summed E-state index contributed by atoms with van der Waals surface area (Å²) in [6, 6.07) is 4.42. The van der Waals surface area contributed by atoms with Gasteiger partial charge in [-0.25, -0.2) is 17.8 Å². The monoisotopic (exact) mass is 532 g/mol. The highest BCUT2D eigenvalue weighted by Gasteiger charge is 2.35. The van der Waals surface area contributed by atoms with Gasteiger partial charge < -0.3 is 15.3 Å². The number of benzene rings is 1. The summed E-state index contributed by atoms with van der Waals surface area (Å²) in [6.07, 6.45) is -1.31. The lowest BCUT2D eigenvalue weighted by Gasteiger charge is -2.31. The van der Waals surface area contributed by atoms with Gasteiger partial charge in [0.2, 0.25) is 15.9 Å². The first-order valence-corrected chi connectivity index (χ1v) is 13.2. The van der Waals surface area contributed by atoms with E-state index in [0.717, 1.165) is 37.7 Å². The molecule has 3 N–H and O–H groups in total. The second-order valence-corrected chi connectivity index (χ2v) is 10.5. The molecular formula is C23H28F4N4O4S. The lowest BCUT2D eigenvalue weighted by Crippen LogP contribution is -2.34. The van der Waals surface area contributed by atoms with E-state index in [1.807, 2.05) is 4.72 Å². The first-order chi connectivity index (χ1) is 16.8. The van der Waals surface area contributed by atoms with Gasteiger partial charge in [-0.3, -0.25) is 9.52 Å². The van der Waals surface area contributed by atoms with Crippen molar-refractivity contribution in [3.05, 3.63) is 52.5 Å². The van der Waals surface area contributed by atoms with E-state index in [9.17, 15) is 35.9 Å². The van der Waals surface area contributed by atoms with Gasteiger partial charge >= 0.3 is 6.18 Å². The SMILES string of the molecule is CC(C(=O)NCc1c(CO)cc(C(F)(F)F)nc1N1CCCCC1)c1ccc(NS(C)(=O)=O)c(F)c1. The number of rotatable bonds is 8. The average molecular weight is 533 g/mol. The van der Waals surface area contributed by atoms with E-state index in [2.05, 4.69) is 10.3 Å². The van der Waals surface area contributed by atoms with Crippen molar-refractivity contribution in [2.24, 2.45) is 0 Å². The molecule has 1 aliphatic heterocycles. The zero-order chi connectivity index (χ0) is 26.7. The molecule has 0 spiro atoms. The van der Waals surface area contributed by atoms with Crippen LogP contribution in [-0.2, 0) is 34.1 Å². The minimum atomic E-state index is -4.70. The summed E-state index contributed by atoms with van der Waals surface area (Å²) in [5, 5.41) is 12.5. The van der Waals surface area contributed by atoms with Gasteiger partial charge in [0.1, 0.15) is 17.3 Å². The molecule has 1 amide bonds. The minimum Gasteiger partial charge on any atom is -0.392 e. The number of hydrogen-bond acceptors (Lipinski definition) is 6. The second kappa shape index (κ2) is 11.0. The number of anilines is 2. The first-order valence-electron chi connectivity index (χ1n) is 11.3. The molecule has 1 aromatic heterocycles. The summed E-state index contributed by atoms with van der Waals surface area (Å²) in [7, 11) is -3.69. The van der Waals surface area contributed by atoms with Crippen LogP contribution in [0.25, 0.3) is 0 Å². The summed E-state index contributed by atoms with van der Waals surface area (Å²) in [5.41, 5.74) is -0.814. The Morgan fingerprint density at radius 1 is 1.19 bits per heavy atom. The Balaban J connectivity index is 1.84. The predicted octanol–water partition coefficient (Wildman–Crippen LogP) is 3.51. The fourth-order valence-corrected chi connectivity index (χ4v) is 4.58. The standard InChI is InChI=1S/C23H28F4N4O4S/c1-14(15-6-7-19(18(24)10-15)30-36(2,34)35)22(33)28-12-17-16(13-32)11-20(23(25,26)27)29-21(17)31-8-4-3-5-9-31/h6-7,10-11,14,30,32H,3-5,8-9,12-13H2,1-2H3,(H,28,33). The van der Waals surface area contributed by atoms with Crippen LogP contribution in [0.5, 0.6) is 0 Å². The quantitative estimate of drug-likeness (QED) is 0.449. The fourth-order valence-electron chi connectivity index (χ4n) is 4.02. The van der Waals surface area contributed by atoms with E-state index < -0.39 is 46.1 Å². The van der Waals surface area contributed by atoms with Gasteiger partial charge in [0.05, 0.1) is 24.5 Å². The topological polar surface area (TPSA) is 112 Å². The van der Waals surface area contributed by atoms with Crippen molar-refractivity contribution >= 4 is 27.4 Å². The maximum absolute atomic E-state index is 14.4. The van der Waals surface area contributed by atoms with Crippen LogP contribution in [0.3, 0.4) is 0 Å². The zero-order valence-corrected chi connectivity index (χ0v) is 20.6. The number of pyridine rings is 1. The number of amides is 1. The lowest BCUT2D eigenvalue weighted by atomic mass is 9.99. The molecule has 36 heavy (non-hydrogen) atoms. The summed E-state index contributed by atoms with van der Waals surface area (Å²) < 4.78 is 79.4. The molecule has 0 aliphatic carbocycles. The van der Waals surface area contributed by atoms with Gasteiger partial charge in [-0.05, 0) is 55.5 Å². The maximum atomic E-state index is 14.4. The minimum absolute atomic E-state index is 0.00750.